The maximum absolute atomic E-state index is 12.2. The molecule has 3 N–H and O–H groups in total. The van der Waals surface area contributed by atoms with Crippen molar-refractivity contribution < 1.29 is 14.3 Å². The molecule has 2 aromatic rings. The molecular formula is C19H25Cl2N3O3. The third-order valence-electron chi connectivity index (χ3n) is 4.39. The number of ether oxygens (including phenoxy) is 2. The van der Waals surface area contributed by atoms with Crippen LogP contribution in [0.3, 0.4) is 0 Å². The van der Waals surface area contributed by atoms with E-state index in [1.54, 1.807) is 13.3 Å². The van der Waals surface area contributed by atoms with Crippen LogP contribution in [0.15, 0.2) is 42.6 Å². The lowest BCUT2D eigenvalue weighted by Crippen LogP contribution is -2.30. The van der Waals surface area contributed by atoms with Crippen LogP contribution >= 0.6 is 24.8 Å². The number of nitrogens with one attached hydrogen (secondary N) is 1. The summed E-state index contributed by atoms with van der Waals surface area (Å²) in [6.07, 6.45) is 4.24. The number of rotatable bonds is 6. The summed E-state index contributed by atoms with van der Waals surface area (Å²) in [6, 6.07) is 11.1. The predicted molar refractivity (Wildman–Crippen MR) is 109 cm³/mol. The van der Waals surface area contributed by atoms with E-state index in [0.717, 1.165) is 30.6 Å². The number of hydrogen-bond acceptors (Lipinski definition) is 5. The van der Waals surface area contributed by atoms with Crippen LogP contribution in [0.4, 0.5) is 0 Å². The minimum Gasteiger partial charge on any atom is -0.497 e. The molecule has 2 atom stereocenters. The molecule has 1 saturated carbocycles. The molecule has 1 amide bonds. The Balaban J connectivity index is 0.00000182. The first-order valence-corrected chi connectivity index (χ1v) is 8.44. The van der Waals surface area contributed by atoms with Gasteiger partial charge in [0, 0.05) is 30.8 Å². The molecule has 1 fully saturated rings. The summed E-state index contributed by atoms with van der Waals surface area (Å²) in [7, 11) is 1.62. The Kier molecular flexibility index (Phi) is 9.35. The average Bonchev–Trinajstić information content (AvgIpc) is 3.07. The van der Waals surface area contributed by atoms with Gasteiger partial charge in [0.25, 0.3) is 0 Å². The number of nitrogens with zero attached hydrogens (tertiary/aromatic N) is 1. The lowest BCUT2D eigenvalue weighted by atomic mass is 10.1. The van der Waals surface area contributed by atoms with Crippen LogP contribution in [-0.4, -0.2) is 24.0 Å². The van der Waals surface area contributed by atoms with Crippen LogP contribution in [0.2, 0.25) is 0 Å². The van der Waals surface area contributed by atoms with Crippen LogP contribution < -0.4 is 20.5 Å². The van der Waals surface area contributed by atoms with E-state index >= 15 is 0 Å². The second kappa shape index (κ2) is 11.0. The summed E-state index contributed by atoms with van der Waals surface area (Å²) in [5, 5.41) is 2.97. The molecule has 2 unspecified atom stereocenters. The third kappa shape index (κ3) is 6.57. The smallest absolute Gasteiger partial charge is 0.223 e. The lowest BCUT2D eigenvalue weighted by Gasteiger charge is -2.11. The molecule has 1 aromatic carbocycles. The van der Waals surface area contributed by atoms with Gasteiger partial charge in [0.15, 0.2) is 0 Å². The maximum atomic E-state index is 12.2. The van der Waals surface area contributed by atoms with Gasteiger partial charge in [-0.25, -0.2) is 4.98 Å². The predicted octanol–water partition coefficient (Wildman–Crippen LogP) is 3.47. The van der Waals surface area contributed by atoms with Crippen molar-refractivity contribution in [2.45, 2.75) is 31.8 Å². The van der Waals surface area contributed by atoms with Crippen molar-refractivity contribution in [1.29, 1.82) is 0 Å². The first-order chi connectivity index (χ1) is 12.1. The third-order valence-corrected chi connectivity index (χ3v) is 4.39. The minimum atomic E-state index is 0. The molecule has 1 aliphatic rings. The lowest BCUT2D eigenvalue weighted by molar-refractivity contribution is -0.125. The summed E-state index contributed by atoms with van der Waals surface area (Å²) < 4.78 is 10.9. The van der Waals surface area contributed by atoms with Crippen molar-refractivity contribution in [3.63, 3.8) is 0 Å². The van der Waals surface area contributed by atoms with Gasteiger partial charge in [0.2, 0.25) is 11.8 Å². The van der Waals surface area contributed by atoms with Crippen LogP contribution in [0, 0.1) is 5.92 Å². The molecule has 6 nitrogen and oxygen atoms in total. The quantitative estimate of drug-likeness (QED) is 0.756. The van der Waals surface area contributed by atoms with Crippen molar-refractivity contribution in [3.8, 4) is 17.4 Å². The van der Waals surface area contributed by atoms with Gasteiger partial charge in [-0.15, -0.1) is 24.8 Å². The highest BCUT2D eigenvalue weighted by atomic mass is 35.5. The fourth-order valence-corrected chi connectivity index (χ4v) is 2.97. The van der Waals surface area contributed by atoms with Gasteiger partial charge in [0.05, 0.1) is 7.11 Å². The molecule has 148 valence electrons. The van der Waals surface area contributed by atoms with Gasteiger partial charge < -0.3 is 20.5 Å². The Morgan fingerprint density at radius 2 is 1.89 bits per heavy atom. The van der Waals surface area contributed by atoms with Gasteiger partial charge in [0.1, 0.15) is 11.5 Å². The van der Waals surface area contributed by atoms with E-state index in [0.29, 0.717) is 18.2 Å². The molecule has 3 rings (SSSR count). The number of carbonyl (C=O) groups is 1. The number of aromatic nitrogens is 1. The molecular weight excluding hydrogens is 389 g/mol. The zero-order valence-corrected chi connectivity index (χ0v) is 16.7. The summed E-state index contributed by atoms with van der Waals surface area (Å²) in [4.78, 5) is 16.4. The number of hydrogen-bond donors (Lipinski definition) is 2. The van der Waals surface area contributed by atoms with Gasteiger partial charge in [-0.05, 0) is 55.2 Å². The number of amides is 1. The van der Waals surface area contributed by atoms with Crippen LogP contribution in [0.1, 0.15) is 24.8 Å². The van der Waals surface area contributed by atoms with Gasteiger partial charge in [-0.1, -0.05) is 0 Å². The number of methoxy groups -OCH3 is 1. The van der Waals surface area contributed by atoms with Crippen LogP contribution in [0.25, 0.3) is 0 Å². The minimum absolute atomic E-state index is 0. The molecule has 1 aromatic heterocycles. The van der Waals surface area contributed by atoms with E-state index in [-0.39, 0.29) is 42.7 Å². The Morgan fingerprint density at radius 3 is 2.52 bits per heavy atom. The van der Waals surface area contributed by atoms with E-state index < -0.39 is 0 Å². The van der Waals surface area contributed by atoms with E-state index in [4.69, 9.17) is 15.2 Å². The molecule has 27 heavy (non-hydrogen) atoms. The van der Waals surface area contributed by atoms with Crippen LogP contribution in [-0.2, 0) is 11.3 Å². The maximum Gasteiger partial charge on any atom is 0.223 e. The average molecular weight is 414 g/mol. The van der Waals surface area contributed by atoms with E-state index in [1.165, 1.54) is 0 Å². The zero-order chi connectivity index (χ0) is 17.6. The highest BCUT2D eigenvalue weighted by Crippen LogP contribution is 2.25. The Labute approximate surface area is 171 Å². The summed E-state index contributed by atoms with van der Waals surface area (Å²) >= 11 is 0. The van der Waals surface area contributed by atoms with E-state index in [1.807, 2.05) is 36.4 Å². The molecule has 0 radical (unpaired) electrons. The molecule has 0 spiro atoms. The van der Waals surface area contributed by atoms with Crippen LogP contribution in [0.5, 0.6) is 17.4 Å². The van der Waals surface area contributed by atoms with Gasteiger partial charge in [-0.3, -0.25) is 4.79 Å². The number of halogens is 2. The summed E-state index contributed by atoms with van der Waals surface area (Å²) in [6.45, 7) is 0.450. The highest BCUT2D eigenvalue weighted by molar-refractivity contribution is 5.85. The first kappa shape index (κ1) is 23.0. The molecule has 1 aliphatic carbocycles. The molecule has 8 heteroatoms. The van der Waals surface area contributed by atoms with Crippen molar-refractivity contribution in [2.24, 2.45) is 11.7 Å². The number of pyridine rings is 1. The Morgan fingerprint density at radius 1 is 1.19 bits per heavy atom. The largest absolute Gasteiger partial charge is 0.497 e. The topological polar surface area (TPSA) is 86.5 Å². The SMILES string of the molecule is COc1ccc(Oc2cc(CNC(=O)C3CCC(N)C3)ccn2)cc1.Cl.Cl. The van der Waals surface area contributed by atoms with Crippen molar-refractivity contribution in [2.75, 3.05) is 7.11 Å². The van der Waals surface area contributed by atoms with Gasteiger partial charge >= 0.3 is 0 Å². The number of benzene rings is 1. The number of nitrogens with two attached hydrogens (primary N) is 1. The molecule has 0 aliphatic heterocycles. The first-order valence-electron chi connectivity index (χ1n) is 8.44. The Bertz CT molecular complexity index is 728. The van der Waals surface area contributed by atoms with Crippen molar-refractivity contribution in [1.82, 2.24) is 10.3 Å². The summed E-state index contributed by atoms with van der Waals surface area (Å²) in [5.74, 6) is 2.03. The molecule has 0 saturated heterocycles. The van der Waals surface area contributed by atoms with E-state index in [9.17, 15) is 4.79 Å². The highest BCUT2D eigenvalue weighted by Gasteiger charge is 2.27. The fraction of sp³-hybridized carbons (Fsp3) is 0.368. The van der Waals surface area contributed by atoms with Crippen molar-refractivity contribution in [3.05, 3.63) is 48.2 Å². The van der Waals surface area contributed by atoms with Gasteiger partial charge in [-0.2, -0.15) is 0 Å². The van der Waals surface area contributed by atoms with E-state index in [2.05, 4.69) is 10.3 Å². The fourth-order valence-electron chi connectivity index (χ4n) is 2.97. The Hall–Kier alpha value is -2.02. The molecule has 0 bridgehead atoms. The normalized spacial score (nSPS) is 18.0. The standard InChI is InChI=1S/C19H23N3O3.2ClH/c1-24-16-4-6-17(7-5-16)25-18-10-13(8-9-21-18)12-22-19(23)14-2-3-15(20)11-14;;/h4-10,14-15H,2-3,11-12,20H2,1H3,(H,22,23);2*1H. The van der Waals surface area contributed by atoms with Crippen molar-refractivity contribution >= 4 is 30.7 Å². The zero-order valence-electron chi connectivity index (χ0n) is 15.1. The number of carbonyl (C=O) groups excluding carboxylic acids is 1. The second-order valence-corrected chi connectivity index (χ2v) is 6.27. The summed E-state index contributed by atoms with van der Waals surface area (Å²) in [5.41, 5.74) is 6.81. The molecule has 1 heterocycles. The second-order valence-electron chi connectivity index (χ2n) is 6.27. The monoisotopic (exact) mass is 413 g/mol.